The number of unbranched alkanes of at least 4 members (excludes halogenated alkanes) is 5. The quantitative estimate of drug-likeness (QED) is 0.513. The van der Waals surface area contributed by atoms with E-state index in [2.05, 4.69) is 18.9 Å². The Balaban J connectivity index is 1.59. The molecule has 4 heteroatoms. The van der Waals surface area contributed by atoms with Crippen LogP contribution in [-0.4, -0.2) is 33.8 Å². The second-order valence-electron chi connectivity index (χ2n) is 8.90. The van der Waals surface area contributed by atoms with Gasteiger partial charge >= 0.3 is 0 Å². The van der Waals surface area contributed by atoms with Crippen molar-refractivity contribution in [3.05, 3.63) is 65.4 Å². The van der Waals surface area contributed by atoms with Crippen LogP contribution in [0.1, 0.15) is 62.5 Å². The van der Waals surface area contributed by atoms with Gasteiger partial charge in [0.2, 0.25) is 0 Å². The first-order chi connectivity index (χ1) is 14.9. The van der Waals surface area contributed by atoms with Crippen molar-refractivity contribution in [2.75, 3.05) is 37.5 Å². The van der Waals surface area contributed by atoms with Gasteiger partial charge in [0.25, 0.3) is 0 Å². The van der Waals surface area contributed by atoms with Crippen molar-refractivity contribution in [2.45, 2.75) is 57.5 Å². The highest BCUT2D eigenvalue weighted by Crippen LogP contribution is 2.44. The van der Waals surface area contributed by atoms with E-state index >= 15 is 0 Å². The van der Waals surface area contributed by atoms with Gasteiger partial charge in [-0.1, -0.05) is 75.0 Å². The van der Waals surface area contributed by atoms with Gasteiger partial charge < -0.3 is 20.0 Å². The fourth-order valence-electron chi connectivity index (χ4n) is 4.28. The molecule has 1 aliphatic rings. The van der Waals surface area contributed by atoms with Crippen LogP contribution in [0.25, 0.3) is 5.57 Å². The van der Waals surface area contributed by atoms with E-state index in [-0.39, 0.29) is 5.76 Å². The molecule has 0 bridgehead atoms. The average molecular weight is 421 g/mol. The summed E-state index contributed by atoms with van der Waals surface area (Å²) < 4.78 is 0. The van der Waals surface area contributed by atoms with Crippen LogP contribution in [0.15, 0.2) is 54.3 Å². The van der Waals surface area contributed by atoms with E-state index in [0.29, 0.717) is 5.57 Å². The molecule has 1 aliphatic carbocycles. The van der Waals surface area contributed by atoms with E-state index in [1.165, 1.54) is 38.5 Å². The van der Waals surface area contributed by atoms with Crippen molar-refractivity contribution in [1.82, 2.24) is 0 Å². The van der Waals surface area contributed by atoms with Crippen LogP contribution in [0, 0.1) is 0 Å². The maximum absolute atomic E-state index is 12.9. The molecule has 4 nitrogen and oxygen atoms in total. The van der Waals surface area contributed by atoms with Gasteiger partial charge in [-0.15, -0.1) is 5.76 Å². The molecule has 2 unspecified atom stereocenters. The summed E-state index contributed by atoms with van der Waals surface area (Å²) in [6.45, 7) is 3.27. The first-order valence-corrected chi connectivity index (χ1v) is 11.6. The van der Waals surface area contributed by atoms with Crippen molar-refractivity contribution in [1.29, 1.82) is 0 Å². The fraction of sp³-hybridized carbons (Fsp3) is 0.481. The second kappa shape index (κ2) is 10.7. The van der Waals surface area contributed by atoms with Gasteiger partial charge in [0.1, 0.15) is 0 Å². The third kappa shape index (κ3) is 5.43. The number of anilines is 2. The number of nitrogens with zero attached hydrogens (tertiary/aromatic N) is 2. The van der Waals surface area contributed by atoms with Crippen molar-refractivity contribution in [3.63, 3.8) is 0 Å². The van der Waals surface area contributed by atoms with Crippen molar-refractivity contribution >= 4 is 16.9 Å². The summed E-state index contributed by atoms with van der Waals surface area (Å²) in [5.41, 5.74) is 4.18. The van der Waals surface area contributed by atoms with E-state index in [9.17, 15) is 10.2 Å². The Morgan fingerprint density at radius 2 is 1.35 bits per heavy atom. The van der Waals surface area contributed by atoms with Crippen LogP contribution in [-0.2, 0) is 0 Å². The van der Waals surface area contributed by atoms with Crippen LogP contribution >= 0.6 is 0 Å². The van der Waals surface area contributed by atoms with Crippen molar-refractivity contribution in [3.8, 4) is 0 Å². The molecule has 0 saturated heterocycles. The molecule has 0 radical (unpaired) electrons. The molecule has 0 amide bonds. The average Bonchev–Trinajstić information content (AvgIpc) is 2.77. The minimum Gasteiger partial charge on any atom is -0.875 e. The first-order valence-electron chi connectivity index (χ1n) is 11.6. The Kier molecular flexibility index (Phi) is 8.03. The lowest BCUT2D eigenvalue weighted by Crippen LogP contribution is -2.47. The number of hydrogen-bond acceptors (Lipinski definition) is 4. The Morgan fingerprint density at radius 3 is 1.94 bits per heavy atom. The maximum Gasteiger partial charge on any atom is 0.0363 e. The molecular formula is C27H36N2O2-2. The minimum absolute atomic E-state index is 0.0363. The topological polar surface area (TPSA) is 52.6 Å². The van der Waals surface area contributed by atoms with E-state index in [1.54, 1.807) is 0 Å². The number of benzene rings is 2. The zero-order valence-corrected chi connectivity index (χ0v) is 19.4. The fourth-order valence-corrected chi connectivity index (χ4v) is 4.28. The molecule has 0 fully saturated rings. The Hall–Kier alpha value is -2.46. The predicted octanol–water partition coefficient (Wildman–Crippen LogP) is 4.15. The second-order valence-corrected chi connectivity index (χ2v) is 8.90. The molecule has 2 aromatic carbocycles. The maximum atomic E-state index is 12.9. The SMILES string of the molecule is CCCCCCCCN(C)c1ccc(C2C([O-])=C(c3ccc(N(C)C)cc3)C2[O-])cc1. The summed E-state index contributed by atoms with van der Waals surface area (Å²) in [4.78, 5) is 4.25. The molecule has 2 atom stereocenters. The van der Waals surface area contributed by atoms with E-state index < -0.39 is 12.0 Å². The van der Waals surface area contributed by atoms with Gasteiger partial charge in [-0.2, -0.15) is 0 Å². The highest BCUT2D eigenvalue weighted by atomic mass is 16.3. The van der Waals surface area contributed by atoms with Gasteiger partial charge in [0.05, 0.1) is 0 Å². The Labute approximate surface area is 187 Å². The largest absolute Gasteiger partial charge is 0.875 e. The first kappa shape index (κ1) is 23.2. The van der Waals surface area contributed by atoms with Gasteiger partial charge in [-0.3, -0.25) is 0 Å². The summed E-state index contributed by atoms with van der Waals surface area (Å²) >= 11 is 0. The van der Waals surface area contributed by atoms with Crippen molar-refractivity contribution in [2.24, 2.45) is 0 Å². The third-order valence-corrected chi connectivity index (χ3v) is 6.37. The molecule has 0 N–H and O–H groups in total. The lowest BCUT2D eigenvalue weighted by atomic mass is 9.73. The number of hydrogen-bond donors (Lipinski definition) is 0. The highest BCUT2D eigenvalue weighted by Gasteiger charge is 2.29. The molecule has 31 heavy (non-hydrogen) atoms. The van der Waals surface area contributed by atoms with Gasteiger partial charge in [-0.25, -0.2) is 0 Å². The minimum atomic E-state index is -0.996. The lowest BCUT2D eigenvalue weighted by Gasteiger charge is -2.51. The van der Waals surface area contributed by atoms with Gasteiger partial charge in [0.15, 0.2) is 0 Å². The molecular weight excluding hydrogens is 384 g/mol. The van der Waals surface area contributed by atoms with Crippen LogP contribution in [0.3, 0.4) is 0 Å². The smallest absolute Gasteiger partial charge is 0.0363 e. The molecule has 0 heterocycles. The standard InChI is InChI=1S/C27H37N2O2/c1-5-6-7-8-9-10-19-29(4)23-17-13-21(14-18-23)25-26(30)24(27(25)31)20-11-15-22(16-12-20)28(2)3/h11-18,25-26,31H,5-10,19H2,1-4H3/q-1/p-1. The summed E-state index contributed by atoms with van der Waals surface area (Å²) in [7, 11) is 6.05. The van der Waals surface area contributed by atoms with E-state index in [1.807, 2.05) is 67.5 Å². The molecule has 0 aromatic heterocycles. The zero-order chi connectivity index (χ0) is 22.4. The third-order valence-electron chi connectivity index (χ3n) is 6.37. The lowest BCUT2D eigenvalue weighted by molar-refractivity contribution is -0.429. The summed E-state index contributed by atoms with van der Waals surface area (Å²) in [5, 5.41) is 25.7. The van der Waals surface area contributed by atoms with Crippen LogP contribution in [0.5, 0.6) is 0 Å². The van der Waals surface area contributed by atoms with Crippen LogP contribution in [0.2, 0.25) is 0 Å². The van der Waals surface area contributed by atoms with Crippen molar-refractivity contribution < 1.29 is 10.2 Å². The summed E-state index contributed by atoms with van der Waals surface area (Å²) in [6, 6.07) is 15.6. The summed E-state index contributed by atoms with van der Waals surface area (Å²) in [6.07, 6.45) is 6.72. The molecule has 0 spiro atoms. The summed E-state index contributed by atoms with van der Waals surface area (Å²) in [5.74, 6) is -0.604. The Morgan fingerprint density at radius 1 is 0.774 bits per heavy atom. The highest BCUT2D eigenvalue weighted by molar-refractivity contribution is 5.79. The molecule has 2 aromatic rings. The molecule has 3 rings (SSSR count). The van der Waals surface area contributed by atoms with Crippen LogP contribution in [0.4, 0.5) is 11.4 Å². The molecule has 0 saturated carbocycles. The molecule has 168 valence electrons. The predicted molar refractivity (Wildman–Crippen MR) is 127 cm³/mol. The van der Waals surface area contributed by atoms with Gasteiger partial charge in [-0.05, 0) is 47.7 Å². The molecule has 0 aliphatic heterocycles. The zero-order valence-electron chi connectivity index (χ0n) is 19.4. The number of rotatable bonds is 11. The monoisotopic (exact) mass is 420 g/mol. The normalized spacial score (nSPS) is 18.1. The Bertz CT molecular complexity index is 856. The van der Waals surface area contributed by atoms with E-state index in [0.717, 1.165) is 29.0 Å². The van der Waals surface area contributed by atoms with E-state index in [4.69, 9.17) is 0 Å². The van der Waals surface area contributed by atoms with Gasteiger partial charge in [0, 0.05) is 39.1 Å². The van der Waals surface area contributed by atoms with Crippen LogP contribution < -0.4 is 20.0 Å².